The summed E-state index contributed by atoms with van der Waals surface area (Å²) in [5.41, 5.74) is 3.27. The normalized spacial score (nSPS) is 10.8. The number of carbonyl (C=O) groups excluding carboxylic acids is 1. The predicted octanol–water partition coefficient (Wildman–Crippen LogP) is 2.05. The summed E-state index contributed by atoms with van der Waals surface area (Å²) in [4.78, 5) is 11.3. The second-order valence-corrected chi connectivity index (χ2v) is 3.90. The molecule has 19 heavy (non-hydrogen) atoms. The molecule has 0 saturated heterocycles. The van der Waals surface area contributed by atoms with Crippen LogP contribution in [-0.2, 0) is 9.53 Å². The Labute approximate surface area is 115 Å². The van der Waals surface area contributed by atoms with Crippen molar-refractivity contribution in [1.82, 2.24) is 5.43 Å². The highest BCUT2D eigenvalue weighted by molar-refractivity contribution is 7.80. The number of hydrogen-bond acceptors (Lipinski definition) is 4. The van der Waals surface area contributed by atoms with Crippen molar-refractivity contribution < 1.29 is 13.9 Å². The third kappa shape index (κ3) is 5.43. The topological polar surface area (TPSA) is 62.7 Å². The number of hydrogen-bond donors (Lipinski definition) is 2. The third-order valence-electron chi connectivity index (χ3n) is 2.00. The van der Waals surface area contributed by atoms with Crippen LogP contribution in [0.4, 0.5) is 10.1 Å². The van der Waals surface area contributed by atoms with Gasteiger partial charge in [0.05, 0.1) is 6.61 Å². The van der Waals surface area contributed by atoms with Crippen LogP contribution in [0.25, 0.3) is 0 Å². The van der Waals surface area contributed by atoms with Gasteiger partial charge in [-0.25, -0.2) is 9.18 Å². The molecule has 1 aromatic rings. The van der Waals surface area contributed by atoms with E-state index in [1.807, 2.05) is 0 Å². The van der Waals surface area contributed by atoms with Crippen LogP contribution in [0.15, 0.2) is 29.4 Å². The van der Waals surface area contributed by atoms with Crippen molar-refractivity contribution in [1.29, 1.82) is 0 Å². The van der Waals surface area contributed by atoms with E-state index in [0.29, 0.717) is 5.69 Å². The number of ether oxygens (including phenoxy) is 1. The molecule has 5 nitrogen and oxygen atoms in total. The quantitative estimate of drug-likeness (QED) is 0.383. The molecule has 1 aromatic carbocycles. The van der Waals surface area contributed by atoms with Gasteiger partial charge >= 0.3 is 5.97 Å². The van der Waals surface area contributed by atoms with Crippen LogP contribution in [0.2, 0.25) is 0 Å². The number of nitrogens with one attached hydrogen (secondary N) is 2. The maximum Gasteiger partial charge on any atom is 0.354 e. The molecule has 0 heterocycles. The number of carbonyl (C=O) groups is 1. The average Bonchev–Trinajstić information content (AvgIpc) is 2.39. The van der Waals surface area contributed by atoms with Crippen LogP contribution >= 0.6 is 12.2 Å². The summed E-state index contributed by atoms with van der Waals surface area (Å²) >= 11 is 4.96. The third-order valence-corrected chi connectivity index (χ3v) is 2.19. The molecule has 1 rings (SSSR count). The van der Waals surface area contributed by atoms with E-state index < -0.39 is 5.97 Å². The van der Waals surface area contributed by atoms with E-state index in [9.17, 15) is 9.18 Å². The Bertz CT molecular complexity index is 488. The Kier molecular flexibility index (Phi) is 5.87. The van der Waals surface area contributed by atoms with Crippen LogP contribution < -0.4 is 10.7 Å². The van der Waals surface area contributed by atoms with Crippen LogP contribution in [0, 0.1) is 5.82 Å². The van der Waals surface area contributed by atoms with E-state index in [1.165, 1.54) is 31.2 Å². The monoisotopic (exact) mass is 283 g/mol. The molecule has 0 radical (unpaired) electrons. The van der Waals surface area contributed by atoms with Crippen LogP contribution in [0.1, 0.15) is 13.8 Å². The van der Waals surface area contributed by atoms with Gasteiger partial charge in [0.15, 0.2) is 5.11 Å². The van der Waals surface area contributed by atoms with Crippen molar-refractivity contribution >= 4 is 34.7 Å². The van der Waals surface area contributed by atoms with Gasteiger partial charge in [-0.2, -0.15) is 5.10 Å². The van der Waals surface area contributed by atoms with E-state index >= 15 is 0 Å². The highest BCUT2D eigenvalue weighted by Crippen LogP contribution is 2.07. The van der Waals surface area contributed by atoms with Crippen LogP contribution in [-0.4, -0.2) is 23.4 Å². The SMILES string of the molecule is CCOC(=O)/C(C)=N/NC(=S)Nc1ccc(F)cc1. The van der Waals surface area contributed by atoms with Crippen molar-refractivity contribution in [3.8, 4) is 0 Å². The summed E-state index contributed by atoms with van der Waals surface area (Å²) in [6, 6.07) is 5.67. The molecule has 0 saturated carbocycles. The average molecular weight is 283 g/mol. The van der Waals surface area contributed by atoms with E-state index in [4.69, 9.17) is 17.0 Å². The smallest absolute Gasteiger partial charge is 0.354 e. The van der Waals surface area contributed by atoms with Gasteiger partial charge in [0.2, 0.25) is 0 Å². The van der Waals surface area contributed by atoms with Gasteiger partial charge < -0.3 is 10.1 Å². The number of benzene rings is 1. The molecular weight excluding hydrogens is 269 g/mol. The first-order valence-corrected chi connectivity index (χ1v) is 5.97. The minimum atomic E-state index is -0.514. The molecule has 0 bridgehead atoms. The van der Waals surface area contributed by atoms with Gasteiger partial charge in [0, 0.05) is 5.69 Å². The highest BCUT2D eigenvalue weighted by Gasteiger charge is 2.06. The molecule has 0 fully saturated rings. The molecule has 0 atom stereocenters. The number of anilines is 1. The first kappa shape index (κ1) is 15.0. The zero-order valence-corrected chi connectivity index (χ0v) is 11.4. The second-order valence-electron chi connectivity index (χ2n) is 3.49. The lowest BCUT2D eigenvalue weighted by Gasteiger charge is -2.07. The summed E-state index contributed by atoms with van der Waals surface area (Å²) in [6.45, 7) is 3.49. The largest absolute Gasteiger partial charge is 0.461 e. The Balaban J connectivity index is 2.49. The highest BCUT2D eigenvalue weighted by atomic mass is 32.1. The maximum atomic E-state index is 12.7. The Morgan fingerprint density at radius 2 is 2.05 bits per heavy atom. The summed E-state index contributed by atoms with van der Waals surface area (Å²) in [6.07, 6.45) is 0. The zero-order chi connectivity index (χ0) is 14.3. The van der Waals surface area contributed by atoms with Crippen molar-refractivity contribution in [2.24, 2.45) is 5.10 Å². The summed E-state index contributed by atoms with van der Waals surface area (Å²) < 4.78 is 17.4. The van der Waals surface area contributed by atoms with Crippen LogP contribution in [0.3, 0.4) is 0 Å². The van der Waals surface area contributed by atoms with Crippen molar-refractivity contribution in [3.05, 3.63) is 30.1 Å². The molecular formula is C12H14FN3O2S. The zero-order valence-electron chi connectivity index (χ0n) is 10.6. The van der Waals surface area contributed by atoms with Gasteiger partial charge in [0.1, 0.15) is 11.5 Å². The number of rotatable bonds is 4. The first-order valence-electron chi connectivity index (χ1n) is 5.57. The number of hydrazone groups is 1. The fourth-order valence-corrected chi connectivity index (χ4v) is 1.27. The molecule has 0 aliphatic rings. The molecule has 0 aliphatic carbocycles. The summed E-state index contributed by atoms with van der Waals surface area (Å²) in [5, 5.41) is 6.75. The lowest BCUT2D eigenvalue weighted by Crippen LogP contribution is -2.27. The minimum absolute atomic E-state index is 0.158. The van der Waals surface area contributed by atoms with E-state index in [0.717, 1.165) is 0 Å². The fraction of sp³-hybridized carbons (Fsp3) is 0.250. The number of halogens is 1. The lowest BCUT2D eigenvalue weighted by molar-refractivity contribution is -0.135. The van der Waals surface area contributed by atoms with Gasteiger partial charge in [-0.3, -0.25) is 5.43 Å². The number of esters is 1. The standard InChI is InChI=1S/C12H14FN3O2S/c1-3-18-11(17)8(2)15-16-12(19)14-10-6-4-9(13)5-7-10/h4-7H,3H2,1-2H3,(H2,14,16,19)/b15-8+. The van der Waals surface area contributed by atoms with Gasteiger partial charge in [-0.05, 0) is 50.3 Å². The molecule has 0 aliphatic heterocycles. The molecule has 102 valence electrons. The molecule has 0 unspecified atom stereocenters. The summed E-state index contributed by atoms with van der Waals surface area (Å²) in [7, 11) is 0. The number of nitrogens with zero attached hydrogens (tertiary/aromatic N) is 1. The van der Waals surface area contributed by atoms with E-state index in [1.54, 1.807) is 6.92 Å². The lowest BCUT2D eigenvalue weighted by atomic mass is 10.3. The Morgan fingerprint density at radius 3 is 2.63 bits per heavy atom. The molecule has 2 N–H and O–H groups in total. The molecule has 7 heteroatoms. The van der Waals surface area contributed by atoms with Crippen molar-refractivity contribution in [2.45, 2.75) is 13.8 Å². The fourth-order valence-electron chi connectivity index (χ4n) is 1.11. The van der Waals surface area contributed by atoms with Crippen molar-refractivity contribution in [2.75, 3.05) is 11.9 Å². The van der Waals surface area contributed by atoms with Crippen molar-refractivity contribution in [3.63, 3.8) is 0 Å². The van der Waals surface area contributed by atoms with E-state index in [-0.39, 0.29) is 23.2 Å². The second kappa shape index (κ2) is 7.42. The maximum absolute atomic E-state index is 12.7. The minimum Gasteiger partial charge on any atom is -0.461 e. The Hall–Kier alpha value is -2.02. The predicted molar refractivity (Wildman–Crippen MR) is 75.5 cm³/mol. The van der Waals surface area contributed by atoms with E-state index in [2.05, 4.69) is 15.8 Å². The molecule has 0 amide bonds. The first-order chi connectivity index (χ1) is 9.02. The van der Waals surface area contributed by atoms with Gasteiger partial charge in [-0.1, -0.05) is 0 Å². The molecule has 0 spiro atoms. The Morgan fingerprint density at radius 1 is 1.42 bits per heavy atom. The summed E-state index contributed by atoms with van der Waals surface area (Å²) in [5.74, 6) is -0.847. The van der Waals surface area contributed by atoms with Gasteiger partial charge in [0.25, 0.3) is 0 Å². The van der Waals surface area contributed by atoms with Crippen LogP contribution in [0.5, 0.6) is 0 Å². The molecule has 0 aromatic heterocycles. The van der Waals surface area contributed by atoms with Gasteiger partial charge in [-0.15, -0.1) is 0 Å². The number of thiocarbonyl (C=S) groups is 1.